The lowest BCUT2D eigenvalue weighted by atomic mass is 10.2. The van der Waals surface area contributed by atoms with Crippen molar-refractivity contribution in [3.63, 3.8) is 0 Å². The average Bonchev–Trinajstić information content (AvgIpc) is 2.55. The van der Waals surface area contributed by atoms with Crippen molar-refractivity contribution in [1.82, 2.24) is 4.90 Å². The van der Waals surface area contributed by atoms with Gasteiger partial charge in [-0.15, -0.1) is 0 Å². The second kappa shape index (κ2) is 10.9. The molecule has 0 aliphatic heterocycles. The molecule has 0 aliphatic rings. The van der Waals surface area contributed by atoms with E-state index in [1.165, 1.54) is 7.11 Å². The van der Waals surface area contributed by atoms with E-state index in [-0.39, 0.29) is 18.4 Å². The molecule has 0 saturated heterocycles. The smallest absolute Gasteiger partial charge is 0.321 e. The third-order valence-corrected chi connectivity index (χ3v) is 3.73. The maximum atomic E-state index is 12.4. The summed E-state index contributed by atoms with van der Waals surface area (Å²) in [5, 5.41) is 3.44. The number of esters is 1. The Bertz CT molecular complexity index is 491. The second-order valence-corrected chi connectivity index (χ2v) is 5.75. The van der Waals surface area contributed by atoms with Crippen molar-refractivity contribution in [2.45, 2.75) is 39.0 Å². The van der Waals surface area contributed by atoms with Crippen LogP contribution in [0.25, 0.3) is 0 Å². The third-order valence-electron chi connectivity index (χ3n) is 3.48. The Morgan fingerprint density at radius 2 is 1.83 bits per heavy atom. The summed E-state index contributed by atoms with van der Waals surface area (Å²) in [4.78, 5) is 25.4. The van der Waals surface area contributed by atoms with Crippen LogP contribution in [0, 0.1) is 0 Å². The number of anilines is 1. The molecule has 0 aliphatic carbocycles. The highest BCUT2D eigenvalue weighted by atomic mass is 35.5. The van der Waals surface area contributed by atoms with Gasteiger partial charge in [-0.25, -0.2) is 4.79 Å². The number of hydrogen-bond acceptors (Lipinski definition) is 3. The number of nitrogens with zero attached hydrogens (tertiary/aromatic N) is 1. The quantitative estimate of drug-likeness (QED) is 0.538. The maximum absolute atomic E-state index is 12.4. The van der Waals surface area contributed by atoms with Gasteiger partial charge in [0, 0.05) is 23.8 Å². The first-order valence-corrected chi connectivity index (χ1v) is 8.33. The van der Waals surface area contributed by atoms with Gasteiger partial charge in [0.15, 0.2) is 0 Å². The van der Waals surface area contributed by atoms with Crippen LogP contribution >= 0.6 is 11.6 Å². The number of urea groups is 1. The normalized spacial score (nSPS) is 10.2. The fraction of sp³-hybridized carbons (Fsp3) is 0.529. The molecule has 2 amide bonds. The number of amides is 2. The highest BCUT2D eigenvalue weighted by Gasteiger charge is 2.15. The van der Waals surface area contributed by atoms with Gasteiger partial charge in [0.05, 0.1) is 13.5 Å². The van der Waals surface area contributed by atoms with Crippen molar-refractivity contribution in [3.8, 4) is 0 Å². The number of rotatable bonds is 9. The molecule has 0 fully saturated rings. The summed E-state index contributed by atoms with van der Waals surface area (Å²) in [5.41, 5.74) is 0.677. The highest BCUT2D eigenvalue weighted by Crippen LogP contribution is 2.14. The lowest BCUT2D eigenvalue weighted by Crippen LogP contribution is -2.37. The van der Waals surface area contributed by atoms with Crippen molar-refractivity contribution < 1.29 is 14.3 Å². The minimum absolute atomic E-state index is 0.193. The molecule has 6 heteroatoms. The van der Waals surface area contributed by atoms with Gasteiger partial charge >= 0.3 is 12.0 Å². The van der Waals surface area contributed by atoms with Crippen LogP contribution in [0.3, 0.4) is 0 Å². The molecule has 0 saturated carbocycles. The maximum Gasteiger partial charge on any atom is 0.321 e. The second-order valence-electron chi connectivity index (χ2n) is 5.31. The van der Waals surface area contributed by atoms with Crippen molar-refractivity contribution in [3.05, 3.63) is 29.3 Å². The van der Waals surface area contributed by atoms with Gasteiger partial charge < -0.3 is 15.0 Å². The first-order valence-electron chi connectivity index (χ1n) is 7.95. The fourth-order valence-corrected chi connectivity index (χ4v) is 2.23. The Balaban J connectivity index is 2.58. The van der Waals surface area contributed by atoms with Crippen LogP contribution in [0.1, 0.15) is 39.0 Å². The Hall–Kier alpha value is -1.75. The first-order chi connectivity index (χ1) is 11.1. The predicted molar refractivity (Wildman–Crippen MR) is 92.8 cm³/mol. The number of nitrogens with one attached hydrogen (secondary N) is 1. The van der Waals surface area contributed by atoms with E-state index < -0.39 is 0 Å². The third kappa shape index (κ3) is 7.88. The minimum atomic E-state index is -0.317. The molecule has 0 heterocycles. The molecular weight excluding hydrogens is 316 g/mol. The Kier molecular flexibility index (Phi) is 9.14. The van der Waals surface area contributed by atoms with Crippen LogP contribution in [-0.2, 0) is 9.53 Å². The molecule has 23 heavy (non-hydrogen) atoms. The number of benzene rings is 1. The Labute approximate surface area is 142 Å². The van der Waals surface area contributed by atoms with Crippen LogP contribution in [0.2, 0.25) is 5.02 Å². The van der Waals surface area contributed by atoms with Gasteiger partial charge in [0.25, 0.3) is 0 Å². The molecule has 0 unspecified atom stereocenters. The van der Waals surface area contributed by atoms with E-state index in [1.807, 2.05) is 0 Å². The summed E-state index contributed by atoms with van der Waals surface area (Å²) in [7, 11) is 1.35. The summed E-state index contributed by atoms with van der Waals surface area (Å²) in [6, 6.07) is 6.72. The molecule has 0 bridgehead atoms. The van der Waals surface area contributed by atoms with Crippen molar-refractivity contribution in [1.29, 1.82) is 0 Å². The summed E-state index contributed by atoms with van der Waals surface area (Å²) in [5.74, 6) is -0.317. The van der Waals surface area contributed by atoms with E-state index in [0.717, 1.165) is 25.7 Å². The molecule has 1 rings (SSSR count). The lowest BCUT2D eigenvalue weighted by molar-refractivity contribution is -0.140. The number of methoxy groups -OCH3 is 1. The summed E-state index contributed by atoms with van der Waals surface area (Å²) < 4.78 is 4.64. The summed E-state index contributed by atoms with van der Waals surface area (Å²) in [6.45, 7) is 3.11. The van der Waals surface area contributed by atoms with Gasteiger partial charge in [-0.05, 0) is 30.7 Å². The summed E-state index contributed by atoms with van der Waals surface area (Å²) in [6.07, 6.45) is 4.46. The first kappa shape index (κ1) is 19.3. The van der Waals surface area contributed by atoms with Crippen LogP contribution in [0.4, 0.5) is 10.5 Å². The van der Waals surface area contributed by atoms with Gasteiger partial charge in [-0.2, -0.15) is 0 Å². The number of halogens is 1. The molecule has 0 aromatic heterocycles. The van der Waals surface area contributed by atoms with Gasteiger partial charge in [0.1, 0.15) is 0 Å². The summed E-state index contributed by atoms with van der Waals surface area (Å²) >= 11 is 5.84. The van der Waals surface area contributed by atoms with Gasteiger partial charge in [0.2, 0.25) is 0 Å². The van der Waals surface area contributed by atoms with Gasteiger partial charge in [-0.3, -0.25) is 4.79 Å². The van der Waals surface area contributed by atoms with E-state index in [0.29, 0.717) is 23.8 Å². The fourth-order valence-electron chi connectivity index (χ4n) is 2.11. The molecule has 128 valence electrons. The predicted octanol–water partition coefficient (Wildman–Crippen LogP) is 4.32. The Morgan fingerprint density at radius 3 is 2.43 bits per heavy atom. The Morgan fingerprint density at radius 1 is 1.13 bits per heavy atom. The van der Waals surface area contributed by atoms with E-state index in [9.17, 15) is 9.59 Å². The molecule has 1 aromatic rings. The van der Waals surface area contributed by atoms with Crippen molar-refractivity contribution in [2.75, 3.05) is 25.5 Å². The zero-order valence-electron chi connectivity index (χ0n) is 13.8. The largest absolute Gasteiger partial charge is 0.469 e. The SMILES string of the molecule is CCCCCCN(CCC(=O)OC)C(=O)Nc1ccc(Cl)cc1. The number of carbonyl (C=O) groups excluding carboxylic acids is 2. The monoisotopic (exact) mass is 340 g/mol. The van der Waals surface area contributed by atoms with Crippen molar-refractivity contribution >= 4 is 29.3 Å². The van der Waals surface area contributed by atoms with Crippen LogP contribution < -0.4 is 5.32 Å². The van der Waals surface area contributed by atoms with Gasteiger partial charge in [-0.1, -0.05) is 37.8 Å². The minimum Gasteiger partial charge on any atom is -0.469 e. The standard InChI is InChI=1S/C17H25ClN2O3/c1-3-4-5-6-12-20(13-11-16(21)23-2)17(22)19-15-9-7-14(18)8-10-15/h7-10H,3-6,11-13H2,1-2H3,(H,19,22). The van der Waals surface area contributed by atoms with Crippen molar-refractivity contribution in [2.24, 2.45) is 0 Å². The molecule has 5 nitrogen and oxygen atoms in total. The lowest BCUT2D eigenvalue weighted by Gasteiger charge is -2.22. The van der Waals surface area contributed by atoms with E-state index in [2.05, 4.69) is 17.0 Å². The van der Waals surface area contributed by atoms with Crippen LogP contribution in [0.5, 0.6) is 0 Å². The number of ether oxygens (including phenoxy) is 1. The molecule has 1 aromatic carbocycles. The number of hydrogen-bond donors (Lipinski definition) is 1. The van der Waals surface area contributed by atoms with E-state index in [4.69, 9.17) is 11.6 Å². The molecular formula is C17H25ClN2O3. The molecule has 0 radical (unpaired) electrons. The molecule has 0 atom stereocenters. The van der Waals surface area contributed by atoms with E-state index in [1.54, 1.807) is 29.2 Å². The number of unbranched alkanes of at least 4 members (excludes halogenated alkanes) is 3. The highest BCUT2D eigenvalue weighted by molar-refractivity contribution is 6.30. The van der Waals surface area contributed by atoms with Crippen LogP contribution in [0.15, 0.2) is 24.3 Å². The van der Waals surface area contributed by atoms with Crippen LogP contribution in [-0.4, -0.2) is 37.1 Å². The molecule has 1 N–H and O–H groups in total. The zero-order valence-corrected chi connectivity index (χ0v) is 14.6. The zero-order chi connectivity index (χ0) is 17.1. The topological polar surface area (TPSA) is 58.6 Å². The molecule has 0 spiro atoms. The van der Waals surface area contributed by atoms with E-state index >= 15 is 0 Å². The number of carbonyl (C=O) groups is 2. The average molecular weight is 341 g/mol.